The van der Waals surface area contributed by atoms with Gasteiger partial charge in [-0.25, -0.2) is 4.98 Å². The number of rotatable bonds is 7. The summed E-state index contributed by atoms with van der Waals surface area (Å²) in [5.41, 5.74) is 6.20. The minimum Gasteiger partial charge on any atom is -0.406 e. The molecule has 1 aromatic carbocycles. The molecule has 0 fully saturated rings. The van der Waals surface area contributed by atoms with Gasteiger partial charge in [0.1, 0.15) is 5.75 Å². The van der Waals surface area contributed by atoms with Crippen LogP contribution in [0.3, 0.4) is 0 Å². The zero-order valence-corrected chi connectivity index (χ0v) is 13.8. The number of anilines is 1. The van der Waals surface area contributed by atoms with Gasteiger partial charge in [-0.1, -0.05) is 13.3 Å². The number of hydrogen-bond acceptors (Lipinski definition) is 5. The van der Waals surface area contributed by atoms with E-state index < -0.39 is 30.0 Å². The number of aromatic amines is 1. The highest BCUT2D eigenvalue weighted by molar-refractivity contribution is 5.95. The number of nitrogens with two attached hydrogens (primary N) is 1. The number of nitrogens with zero attached hydrogens (tertiary/aromatic N) is 1. The average Bonchev–Trinajstić information content (AvgIpc) is 2.92. The van der Waals surface area contributed by atoms with E-state index in [9.17, 15) is 22.8 Å². The van der Waals surface area contributed by atoms with Gasteiger partial charge in [-0.05, 0) is 18.6 Å². The number of hydrogen-bond donors (Lipinski definition) is 4. The molecule has 2 rings (SSSR count). The Balaban J connectivity index is 1.95. The minimum atomic E-state index is -4.80. The van der Waals surface area contributed by atoms with Crippen molar-refractivity contribution in [2.45, 2.75) is 32.2 Å². The molecule has 0 bridgehead atoms. The van der Waals surface area contributed by atoms with E-state index in [2.05, 4.69) is 25.3 Å². The SMILES string of the molecule is CCC[C@H](N)C(=O)NCC(=O)Nc1nc2ccc(OC(F)(F)F)cc2[nH]1. The fourth-order valence-electron chi connectivity index (χ4n) is 2.16. The van der Waals surface area contributed by atoms with Gasteiger partial charge in [0.05, 0.1) is 23.6 Å². The number of alkyl halides is 3. The quantitative estimate of drug-likeness (QED) is 0.588. The molecule has 0 radical (unpaired) electrons. The normalized spacial score (nSPS) is 12.7. The molecular formula is C15H18F3N5O3. The van der Waals surface area contributed by atoms with Crippen LogP contribution in [0.15, 0.2) is 18.2 Å². The molecule has 142 valence electrons. The number of ether oxygens (including phenoxy) is 1. The van der Waals surface area contributed by atoms with E-state index >= 15 is 0 Å². The molecule has 0 aliphatic carbocycles. The van der Waals surface area contributed by atoms with Crippen LogP contribution in [0.1, 0.15) is 19.8 Å². The van der Waals surface area contributed by atoms with Gasteiger partial charge in [-0.3, -0.25) is 14.9 Å². The molecule has 0 spiro atoms. The van der Waals surface area contributed by atoms with Crippen molar-refractivity contribution in [1.82, 2.24) is 15.3 Å². The first-order valence-corrected chi connectivity index (χ1v) is 7.76. The highest BCUT2D eigenvalue weighted by Crippen LogP contribution is 2.26. The van der Waals surface area contributed by atoms with Crippen molar-refractivity contribution in [3.63, 3.8) is 0 Å². The van der Waals surface area contributed by atoms with E-state index in [4.69, 9.17) is 5.73 Å². The van der Waals surface area contributed by atoms with Crippen LogP contribution >= 0.6 is 0 Å². The highest BCUT2D eigenvalue weighted by Gasteiger charge is 2.31. The van der Waals surface area contributed by atoms with Crippen LogP contribution < -0.4 is 21.1 Å². The number of imidazole rings is 1. The number of nitrogens with one attached hydrogen (secondary N) is 3. The van der Waals surface area contributed by atoms with Crippen molar-refractivity contribution in [1.29, 1.82) is 0 Å². The first-order valence-electron chi connectivity index (χ1n) is 7.76. The van der Waals surface area contributed by atoms with Crippen molar-refractivity contribution < 1.29 is 27.5 Å². The molecule has 2 amide bonds. The third kappa shape index (κ3) is 5.62. The number of carbonyl (C=O) groups excluding carboxylic acids is 2. The number of benzene rings is 1. The summed E-state index contributed by atoms with van der Waals surface area (Å²) in [5.74, 6) is -1.39. The van der Waals surface area contributed by atoms with E-state index in [1.165, 1.54) is 6.07 Å². The minimum absolute atomic E-state index is 0.0289. The fraction of sp³-hybridized carbons (Fsp3) is 0.400. The molecule has 0 saturated carbocycles. The summed E-state index contributed by atoms with van der Waals surface area (Å²) in [5, 5.41) is 4.79. The predicted molar refractivity (Wildman–Crippen MR) is 87.3 cm³/mol. The zero-order chi connectivity index (χ0) is 19.3. The van der Waals surface area contributed by atoms with Crippen molar-refractivity contribution in [3.05, 3.63) is 18.2 Å². The third-order valence-corrected chi connectivity index (χ3v) is 3.30. The Labute approximate surface area is 146 Å². The van der Waals surface area contributed by atoms with Gasteiger partial charge in [0, 0.05) is 6.07 Å². The van der Waals surface area contributed by atoms with E-state index in [0.717, 1.165) is 18.6 Å². The third-order valence-electron chi connectivity index (χ3n) is 3.30. The van der Waals surface area contributed by atoms with Gasteiger partial charge in [-0.2, -0.15) is 0 Å². The standard InChI is InChI=1S/C15H18F3N5O3/c1-2-3-9(19)13(25)20-7-12(24)23-14-21-10-5-4-8(6-11(10)22-14)26-15(16,17)18/h4-6,9H,2-3,7,19H2,1H3,(H,20,25)(H2,21,22,23,24)/t9-/m0/s1. The van der Waals surface area contributed by atoms with Crippen molar-refractivity contribution in [2.24, 2.45) is 5.73 Å². The second-order valence-electron chi connectivity index (χ2n) is 5.47. The van der Waals surface area contributed by atoms with Crippen LogP contribution in [0.2, 0.25) is 0 Å². The van der Waals surface area contributed by atoms with Gasteiger partial charge in [0.2, 0.25) is 17.8 Å². The predicted octanol–water partition coefficient (Wildman–Crippen LogP) is 1.64. The number of aromatic nitrogens is 2. The number of amides is 2. The molecule has 0 aliphatic rings. The molecular weight excluding hydrogens is 355 g/mol. The summed E-state index contributed by atoms with van der Waals surface area (Å²) in [7, 11) is 0. The highest BCUT2D eigenvalue weighted by atomic mass is 19.4. The fourth-order valence-corrected chi connectivity index (χ4v) is 2.16. The Hall–Kier alpha value is -2.82. The monoisotopic (exact) mass is 373 g/mol. The lowest BCUT2D eigenvalue weighted by Gasteiger charge is -2.10. The first kappa shape index (κ1) is 19.5. The Morgan fingerprint density at radius 1 is 1.38 bits per heavy atom. The topological polar surface area (TPSA) is 122 Å². The number of H-pyrrole nitrogens is 1. The van der Waals surface area contributed by atoms with Gasteiger partial charge in [0.25, 0.3) is 0 Å². The molecule has 5 N–H and O–H groups in total. The maximum Gasteiger partial charge on any atom is 0.573 e. The lowest BCUT2D eigenvalue weighted by molar-refractivity contribution is -0.274. The molecule has 1 heterocycles. The summed E-state index contributed by atoms with van der Waals surface area (Å²) < 4.78 is 40.5. The molecule has 1 aromatic heterocycles. The van der Waals surface area contributed by atoms with Crippen molar-refractivity contribution in [3.8, 4) is 5.75 Å². The molecule has 1 atom stereocenters. The van der Waals surface area contributed by atoms with Crippen LogP contribution in [0.4, 0.5) is 19.1 Å². The largest absolute Gasteiger partial charge is 0.573 e. The van der Waals surface area contributed by atoms with Crippen LogP contribution in [-0.2, 0) is 9.59 Å². The lowest BCUT2D eigenvalue weighted by Crippen LogP contribution is -2.43. The van der Waals surface area contributed by atoms with Crippen molar-refractivity contribution in [2.75, 3.05) is 11.9 Å². The van der Waals surface area contributed by atoms with E-state index in [-0.39, 0.29) is 18.0 Å². The molecule has 0 saturated heterocycles. The second-order valence-corrected chi connectivity index (χ2v) is 5.47. The summed E-state index contributed by atoms with van der Waals surface area (Å²) in [6, 6.07) is 2.84. The number of carbonyl (C=O) groups is 2. The molecule has 8 nitrogen and oxygen atoms in total. The number of fused-ring (bicyclic) bond motifs is 1. The number of halogens is 3. The maximum atomic E-state index is 12.2. The molecule has 26 heavy (non-hydrogen) atoms. The smallest absolute Gasteiger partial charge is 0.406 e. The summed E-state index contributed by atoms with van der Waals surface area (Å²) in [4.78, 5) is 30.1. The Kier molecular flexibility index (Phi) is 6.03. The molecule has 0 unspecified atom stereocenters. The Morgan fingerprint density at radius 3 is 2.77 bits per heavy atom. The lowest BCUT2D eigenvalue weighted by atomic mass is 10.2. The van der Waals surface area contributed by atoms with Crippen LogP contribution in [0.25, 0.3) is 11.0 Å². The second kappa shape index (κ2) is 8.04. The van der Waals surface area contributed by atoms with Crippen LogP contribution in [0.5, 0.6) is 5.75 Å². The maximum absolute atomic E-state index is 12.2. The zero-order valence-electron chi connectivity index (χ0n) is 13.8. The average molecular weight is 373 g/mol. The van der Waals surface area contributed by atoms with Gasteiger partial charge in [-0.15, -0.1) is 13.2 Å². The summed E-state index contributed by atoms with van der Waals surface area (Å²) in [6.45, 7) is 1.57. The van der Waals surface area contributed by atoms with E-state index in [1.54, 1.807) is 0 Å². The molecule has 2 aromatic rings. The van der Waals surface area contributed by atoms with Gasteiger partial charge >= 0.3 is 6.36 Å². The summed E-state index contributed by atoms with van der Waals surface area (Å²) in [6.07, 6.45) is -3.57. The van der Waals surface area contributed by atoms with Gasteiger partial charge in [0.15, 0.2) is 0 Å². The van der Waals surface area contributed by atoms with Crippen molar-refractivity contribution >= 4 is 28.8 Å². The van der Waals surface area contributed by atoms with Crippen LogP contribution in [-0.4, -0.2) is 40.7 Å². The Bertz CT molecular complexity index is 790. The molecule has 11 heteroatoms. The Morgan fingerprint density at radius 2 is 2.12 bits per heavy atom. The van der Waals surface area contributed by atoms with Crippen LogP contribution in [0, 0.1) is 0 Å². The van der Waals surface area contributed by atoms with Gasteiger partial charge < -0.3 is 20.8 Å². The first-order chi connectivity index (χ1) is 12.2. The molecule has 0 aliphatic heterocycles. The summed E-state index contributed by atoms with van der Waals surface area (Å²) >= 11 is 0. The van der Waals surface area contributed by atoms with E-state index in [0.29, 0.717) is 11.9 Å². The van der Waals surface area contributed by atoms with E-state index in [1.807, 2.05) is 6.92 Å².